The molecule has 0 bridgehead atoms. The average Bonchev–Trinajstić information content (AvgIpc) is 2.89. The van der Waals surface area contributed by atoms with Crippen molar-refractivity contribution in [2.24, 2.45) is 0 Å². The van der Waals surface area contributed by atoms with Crippen LogP contribution in [0.3, 0.4) is 0 Å². The van der Waals surface area contributed by atoms with E-state index in [1.165, 1.54) is 16.5 Å². The van der Waals surface area contributed by atoms with Crippen molar-refractivity contribution in [1.82, 2.24) is 9.78 Å². The number of benzene rings is 2. The molecule has 0 atom stereocenters. The second kappa shape index (κ2) is 5.78. The summed E-state index contributed by atoms with van der Waals surface area (Å²) in [7, 11) is 0. The second-order valence-electron chi connectivity index (χ2n) is 4.89. The van der Waals surface area contributed by atoms with Gasteiger partial charge in [0, 0.05) is 18.4 Å². The summed E-state index contributed by atoms with van der Waals surface area (Å²) in [5.74, 6) is 0.970. The van der Waals surface area contributed by atoms with E-state index in [4.69, 9.17) is 4.74 Å². The summed E-state index contributed by atoms with van der Waals surface area (Å²) >= 11 is 0. The van der Waals surface area contributed by atoms with E-state index < -0.39 is 0 Å². The van der Waals surface area contributed by atoms with Gasteiger partial charge in [-0.2, -0.15) is 5.10 Å². The molecule has 20 heavy (non-hydrogen) atoms. The molecule has 1 heterocycles. The van der Waals surface area contributed by atoms with Crippen molar-refractivity contribution in [3.05, 3.63) is 60.3 Å². The summed E-state index contributed by atoms with van der Waals surface area (Å²) in [4.78, 5) is 0. The lowest BCUT2D eigenvalue weighted by molar-refractivity contribution is 0.298. The molecule has 3 rings (SSSR count). The smallest absolute Gasteiger partial charge is 0.122 e. The van der Waals surface area contributed by atoms with Crippen molar-refractivity contribution < 1.29 is 4.74 Å². The first-order chi connectivity index (χ1) is 9.84. The third-order valence-corrected chi connectivity index (χ3v) is 3.42. The first-order valence-corrected chi connectivity index (χ1v) is 6.93. The molecule has 0 unspecified atom stereocenters. The Balaban J connectivity index is 1.57. The van der Waals surface area contributed by atoms with Gasteiger partial charge in [0.05, 0.1) is 18.3 Å². The third kappa shape index (κ3) is 2.67. The molecule has 0 fully saturated rings. The van der Waals surface area contributed by atoms with Gasteiger partial charge in [-0.05, 0) is 24.6 Å². The summed E-state index contributed by atoms with van der Waals surface area (Å²) in [5, 5.41) is 5.61. The maximum absolute atomic E-state index is 5.81. The Bertz CT molecular complexity index is 703. The van der Waals surface area contributed by atoms with Crippen LogP contribution in [-0.2, 0) is 6.54 Å². The van der Waals surface area contributed by atoms with E-state index in [9.17, 15) is 0 Å². The van der Waals surface area contributed by atoms with Gasteiger partial charge in [-0.25, -0.2) is 0 Å². The Labute approximate surface area is 118 Å². The first-order valence-electron chi connectivity index (χ1n) is 6.93. The lowest BCUT2D eigenvalue weighted by Crippen LogP contribution is -2.06. The van der Waals surface area contributed by atoms with Crippen LogP contribution in [0.2, 0.25) is 0 Å². The summed E-state index contributed by atoms with van der Waals surface area (Å²) < 4.78 is 7.84. The minimum atomic E-state index is 0.707. The Hall–Kier alpha value is -2.29. The van der Waals surface area contributed by atoms with Crippen molar-refractivity contribution in [3.63, 3.8) is 0 Å². The molecule has 0 N–H and O–H groups in total. The fourth-order valence-electron chi connectivity index (χ4n) is 2.32. The van der Waals surface area contributed by atoms with Crippen LogP contribution in [-0.4, -0.2) is 16.4 Å². The first kappa shape index (κ1) is 12.7. The lowest BCUT2D eigenvalue weighted by atomic mass is 10.2. The molecule has 0 spiro atoms. The number of hydrogen-bond acceptors (Lipinski definition) is 2. The number of para-hydroxylation sites is 2. The normalized spacial score (nSPS) is 10.8. The number of rotatable bonds is 5. The summed E-state index contributed by atoms with van der Waals surface area (Å²) in [6.45, 7) is 3.65. The maximum atomic E-state index is 5.81. The Morgan fingerprint density at radius 3 is 2.75 bits per heavy atom. The monoisotopic (exact) mass is 266 g/mol. The van der Waals surface area contributed by atoms with Crippen LogP contribution in [0.1, 0.15) is 12.0 Å². The zero-order valence-electron chi connectivity index (χ0n) is 11.6. The highest BCUT2D eigenvalue weighted by Gasteiger charge is 2.02. The summed E-state index contributed by atoms with van der Waals surface area (Å²) in [6, 6.07) is 16.4. The minimum Gasteiger partial charge on any atom is -0.493 e. The topological polar surface area (TPSA) is 27.1 Å². The number of aromatic nitrogens is 2. The van der Waals surface area contributed by atoms with Crippen molar-refractivity contribution in [1.29, 1.82) is 0 Å². The van der Waals surface area contributed by atoms with E-state index in [0.717, 1.165) is 18.7 Å². The largest absolute Gasteiger partial charge is 0.493 e. The molecule has 0 aliphatic carbocycles. The molecule has 2 aromatic carbocycles. The van der Waals surface area contributed by atoms with Crippen LogP contribution in [0.4, 0.5) is 0 Å². The number of fused-ring (bicyclic) bond motifs is 1. The molecule has 0 saturated carbocycles. The maximum Gasteiger partial charge on any atom is 0.122 e. The molecular formula is C17H18N2O. The number of aryl methyl sites for hydroxylation is 2. The molecular weight excluding hydrogens is 248 g/mol. The quantitative estimate of drug-likeness (QED) is 0.656. The Kier molecular flexibility index (Phi) is 3.68. The summed E-state index contributed by atoms with van der Waals surface area (Å²) in [5.41, 5.74) is 2.36. The Morgan fingerprint density at radius 2 is 1.85 bits per heavy atom. The molecule has 3 heteroatoms. The molecule has 0 aliphatic heterocycles. The number of ether oxygens (including phenoxy) is 1. The van der Waals surface area contributed by atoms with Gasteiger partial charge in [-0.3, -0.25) is 4.68 Å². The van der Waals surface area contributed by atoms with Crippen LogP contribution < -0.4 is 4.74 Å². The Morgan fingerprint density at radius 1 is 1.05 bits per heavy atom. The van der Waals surface area contributed by atoms with E-state index in [0.29, 0.717) is 6.61 Å². The zero-order chi connectivity index (χ0) is 13.8. The molecule has 3 aromatic rings. The van der Waals surface area contributed by atoms with Gasteiger partial charge in [0.2, 0.25) is 0 Å². The molecule has 0 aliphatic rings. The van der Waals surface area contributed by atoms with Crippen molar-refractivity contribution in [3.8, 4) is 5.75 Å². The van der Waals surface area contributed by atoms with Gasteiger partial charge >= 0.3 is 0 Å². The standard InChI is InChI=1S/C17H18N2O/c1-14-7-2-5-10-17(14)20-12-6-11-19-16-9-4-3-8-15(16)13-18-19/h2-5,7-10,13H,6,11-12H2,1H3. The number of nitrogens with zero attached hydrogens (tertiary/aromatic N) is 2. The third-order valence-electron chi connectivity index (χ3n) is 3.42. The van der Waals surface area contributed by atoms with Crippen LogP contribution >= 0.6 is 0 Å². The van der Waals surface area contributed by atoms with E-state index in [-0.39, 0.29) is 0 Å². The van der Waals surface area contributed by atoms with E-state index in [1.807, 2.05) is 41.2 Å². The van der Waals surface area contributed by atoms with Gasteiger partial charge in [0.1, 0.15) is 5.75 Å². The predicted molar refractivity (Wildman–Crippen MR) is 81.0 cm³/mol. The highest BCUT2D eigenvalue weighted by Crippen LogP contribution is 2.17. The van der Waals surface area contributed by atoms with Gasteiger partial charge < -0.3 is 4.74 Å². The fraction of sp³-hybridized carbons (Fsp3) is 0.235. The van der Waals surface area contributed by atoms with E-state index >= 15 is 0 Å². The lowest BCUT2D eigenvalue weighted by Gasteiger charge is -2.09. The van der Waals surface area contributed by atoms with Crippen LogP contribution in [0.15, 0.2) is 54.7 Å². The number of hydrogen-bond donors (Lipinski definition) is 0. The van der Waals surface area contributed by atoms with Crippen LogP contribution in [0.5, 0.6) is 5.75 Å². The molecule has 3 nitrogen and oxygen atoms in total. The molecule has 0 radical (unpaired) electrons. The predicted octanol–water partition coefficient (Wildman–Crippen LogP) is 3.81. The van der Waals surface area contributed by atoms with Crippen molar-refractivity contribution >= 4 is 10.9 Å². The zero-order valence-corrected chi connectivity index (χ0v) is 11.6. The van der Waals surface area contributed by atoms with Gasteiger partial charge in [0.15, 0.2) is 0 Å². The molecule has 102 valence electrons. The van der Waals surface area contributed by atoms with E-state index in [1.54, 1.807) is 0 Å². The van der Waals surface area contributed by atoms with Crippen LogP contribution in [0.25, 0.3) is 10.9 Å². The van der Waals surface area contributed by atoms with Gasteiger partial charge in [-0.15, -0.1) is 0 Å². The van der Waals surface area contributed by atoms with Gasteiger partial charge in [-0.1, -0.05) is 36.4 Å². The molecule has 1 aromatic heterocycles. The fourth-order valence-corrected chi connectivity index (χ4v) is 2.32. The van der Waals surface area contributed by atoms with Crippen molar-refractivity contribution in [2.45, 2.75) is 19.9 Å². The molecule has 0 amide bonds. The summed E-state index contributed by atoms with van der Waals surface area (Å²) in [6.07, 6.45) is 2.86. The van der Waals surface area contributed by atoms with Crippen LogP contribution in [0, 0.1) is 6.92 Å². The van der Waals surface area contributed by atoms with E-state index in [2.05, 4.69) is 30.2 Å². The average molecular weight is 266 g/mol. The van der Waals surface area contributed by atoms with Gasteiger partial charge in [0.25, 0.3) is 0 Å². The van der Waals surface area contributed by atoms with Crippen molar-refractivity contribution in [2.75, 3.05) is 6.61 Å². The SMILES string of the molecule is Cc1ccccc1OCCCn1ncc2ccccc21. The molecule has 0 saturated heterocycles. The second-order valence-corrected chi connectivity index (χ2v) is 4.89. The highest BCUT2D eigenvalue weighted by atomic mass is 16.5. The highest BCUT2D eigenvalue weighted by molar-refractivity contribution is 5.78. The minimum absolute atomic E-state index is 0.707.